The molecule has 0 aliphatic carbocycles. The Bertz CT molecular complexity index is 1380. The van der Waals surface area contributed by atoms with Gasteiger partial charge < -0.3 is 0 Å². The zero-order chi connectivity index (χ0) is 28.0. The summed E-state index contributed by atoms with van der Waals surface area (Å²) in [6, 6.07) is 26.9. The van der Waals surface area contributed by atoms with Crippen LogP contribution in [-0.4, -0.2) is 54.0 Å². The summed E-state index contributed by atoms with van der Waals surface area (Å²) in [4.78, 5) is 16.8. The molecular weight excluding hydrogens is 550 g/mol. The van der Waals surface area contributed by atoms with Gasteiger partial charge in [0.05, 0.1) is 10.9 Å². The van der Waals surface area contributed by atoms with Crippen molar-refractivity contribution in [2.24, 2.45) is 0 Å². The molecule has 2 unspecified atom stereocenters. The fraction of sp³-hybridized carbons (Fsp3) is 0.394. The summed E-state index contributed by atoms with van der Waals surface area (Å²) >= 11 is 0. The van der Waals surface area contributed by atoms with Gasteiger partial charge in [-0.1, -0.05) is 79.6 Å². The second-order valence-electron chi connectivity index (χ2n) is 11.0. The minimum atomic E-state index is -1.27. The second-order valence-corrected chi connectivity index (χ2v) is 21.7. The van der Waals surface area contributed by atoms with E-state index in [0.717, 1.165) is 19.6 Å². The highest BCUT2D eigenvalue weighted by Gasteiger charge is 2.28. The van der Waals surface area contributed by atoms with E-state index in [0.29, 0.717) is 0 Å². The van der Waals surface area contributed by atoms with Gasteiger partial charge in [0.1, 0.15) is 11.0 Å². The van der Waals surface area contributed by atoms with Crippen LogP contribution in [0.2, 0.25) is 0 Å². The highest BCUT2D eigenvalue weighted by Crippen LogP contribution is 2.62. The summed E-state index contributed by atoms with van der Waals surface area (Å²) < 4.78 is 0. The molecule has 4 aromatic rings. The maximum absolute atomic E-state index is 5.67. The lowest BCUT2D eigenvalue weighted by Gasteiger charge is -2.37. The molecule has 6 heteroatoms. The molecule has 1 heterocycles. The van der Waals surface area contributed by atoms with E-state index < -0.39 is 20.1 Å². The molecule has 210 valence electrons. The van der Waals surface area contributed by atoms with E-state index in [1.807, 2.05) is 0 Å². The van der Waals surface area contributed by atoms with Gasteiger partial charge in [-0.15, -0.1) is 0 Å². The second kappa shape index (κ2) is 13.5. The molecule has 0 fully saturated rings. The Hall–Kier alpha value is -1.44. The molecule has 1 aromatic heterocycles. The average molecular weight is 597 g/mol. The molecular formula is C33H46N2P2S2. The fourth-order valence-corrected chi connectivity index (χ4v) is 12.9. The van der Waals surface area contributed by atoms with Gasteiger partial charge in [-0.2, -0.15) is 20.1 Å². The maximum atomic E-state index is 5.67. The molecule has 0 N–H and O–H groups in total. The number of rotatable bonds is 12. The minimum absolute atomic E-state index is 0.331. The van der Waals surface area contributed by atoms with Crippen LogP contribution in [0.1, 0.15) is 39.5 Å². The number of fused-ring (bicyclic) bond motifs is 1. The first-order chi connectivity index (χ1) is 18.7. The molecule has 39 heavy (non-hydrogen) atoms. The third-order valence-electron chi connectivity index (χ3n) is 7.53. The van der Waals surface area contributed by atoms with E-state index in [1.165, 1.54) is 68.5 Å². The Labute approximate surface area is 243 Å². The van der Waals surface area contributed by atoms with Gasteiger partial charge in [0, 0.05) is 9.79 Å². The lowest BCUT2D eigenvalue weighted by atomic mass is 10.3. The number of nitrogens with zero attached hydrogens (tertiary/aromatic N) is 2. The topological polar surface area (TPSA) is 25.8 Å². The van der Waals surface area contributed by atoms with Crippen LogP contribution >= 0.6 is 36.6 Å². The van der Waals surface area contributed by atoms with Gasteiger partial charge in [-0.05, 0) is 103 Å². The Morgan fingerprint density at radius 1 is 0.667 bits per heavy atom. The van der Waals surface area contributed by atoms with Crippen molar-refractivity contribution in [2.75, 3.05) is 44.0 Å². The van der Waals surface area contributed by atoms with Crippen molar-refractivity contribution >= 4 is 58.5 Å². The Kier molecular flexibility index (Phi) is 10.5. The lowest BCUT2D eigenvalue weighted by molar-refractivity contribution is 0.892. The molecule has 0 spiro atoms. The number of unbranched alkanes of at least 4 members (excludes halogenated alkanes) is 2. The van der Waals surface area contributed by atoms with Crippen LogP contribution in [0.3, 0.4) is 0 Å². The first kappa shape index (κ1) is 30.5. The maximum Gasteiger partial charge on any atom is 0.103 e. The molecule has 0 aliphatic rings. The van der Waals surface area contributed by atoms with Crippen LogP contribution in [0.15, 0.2) is 92.4 Å². The van der Waals surface area contributed by atoms with Gasteiger partial charge in [0.15, 0.2) is 0 Å². The van der Waals surface area contributed by atoms with Gasteiger partial charge in [-0.3, -0.25) is 0 Å². The van der Waals surface area contributed by atoms with Crippen molar-refractivity contribution in [1.29, 1.82) is 0 Å². The number of aromatic nitrogens is 2. The van der Waals surface area contributed by atoms with Crippen molar-refractivity contribution < 1.29 is 0 Å². The Morgan fingerprint density at radius 3 is 1.64 bits per heavy atom. The lowest BCUT2D eigenvalue weighted by Crippen LogP contribution is -2.28. The predicted molar refractivity (Wildman–Crippen MR) is 184 cm³/mol. The first-order valence-electron chi connectivity index (χ1n) is 14.1. The van der Waals surface area contributed by atoms with Crippen LogP contribution in [-0.2, 0) is 0 Å². The van der Waals surface area contributed by atoms with E-state index in [1.54, 1.807) is 0 Å². The third kappa shape index (κ3) is 6.73. The third-order valence-corrected chi connectivity index (χ3v) is 16.8. The van der Waals surface area contributed by atoms with Crippen LogP contribution in [0.4, 0.5) is 0 Å². The quantitative estimate of drug-likeness (QED) is 0.120. The molecule has 4 rings (SSSR count). The van der Waals surface area contributed by atoms with Gasteiger partial charge in [0.2, 0.25) is 0 Å². The zero-order valence-corrected chi connectivity index (χ0v) is 28.4. The highest BCUT2D eigenvalue weighted by molar-refractivity contribution is 8.33. The summed E-state index contributed by atoms with van der Waals surface area (Å²) in [7, 11) is -2.13. The zero-order valence-electron chi connectivity index (χ0n) is 24.8. The molecule has 0 saturated heterocycles. The van der Waals surface area contributed by atoms with E-state index >= 15 is 0 Å². The highest BCUT2D eigenvalue weighted by atomic mass is 32.3. The smallest absolute Gasteiger partial charge is 0.103 e. The van der Waals surface area contributed by atoms with Gasteiger partial charge >= 0.3 is 0 Å². The average Bonchev–Trinajstić information content (AvgIpc) is 2.95. The fourth-order valence-electron chi connectivity index (χ4n) is 4.95. The van der Waals surface area contributed by atoms with E-state index in [4.69, 9.17) is 9.97 Å². The van der Waals surface area contributed by atoms with Crippen LogP contribution in [0.5, 0.6) is 0 Å². The molecule has 0 saturated carbocycles. The summed E-state index contributed by atoms with van der Waals surface area (Å²) in [6.07, 6.45) is 17.1. The van der Waals surface area contributed by atoms with Gasteiger partial charge in [-0.25, -0.2) is 9.97 Å². The van der Waals surface area contributed by atoms with E-state index in [9.17, 15) is 0 Å². The predicted octanol–water partition coefficient (Wildman–Crippen LogP) is 9.24. The Balaban J connectivity index is 2.01. The minimum Gasteiger partial charge on any atom is -0.243 e. The molecule has 2 nitrogen and oxygen atoms in total. The van der Waals surface area contributed by atoms with Gasteiger partial charge in [0.25, 0.3) is 0 Å². The molecule has 0 bridgehead atoms. The van der Waals surface area contributed by atoms with Crippen LogP contribution < -0.4 is 10.9 Å². The van der Waals surface area contributed by atoms with Crippen molar-refractivity contribution in [1.82, 2.24) is 9.97 Å². The van der Waals surface area contributed by atoms with Crippen molar-refractivity contribution in [2.45, 2.75) is 59.1 Å². The molecule has 3 aromatic carbocycles. The van der Waals surface area contributed by atoms with Crippen LogP contribution in [0.25, 0.3) is 11.0 Å². The molecule has 0 radical (unpaired) electrons. The summed E-state index contributed by atoms with van der Waals surface area (Å²) in [6.45, 7) is 7.02. The number of hydrogen-bond donors (Lipinski definition) is 0. The molecule has 0 amide bonds. The van der Waals surface area contributed by atoms with Crippen LogP contribution in [0, 0.1) is 0 Å². The number of benzene rings is 3. The SMILES string of the molecule is CCCCPc1nc2c(S(C)(C)c3ccccc3)ccc(S(C)(C)c3ccccc3)c2nc1P(C)CCCC. The first-order valence-corrected chi connectivity index (χ1v) is 22.2. The number of hydrogen-bond acceptors (Lipinski definition) is 2. The normalized spacial score (nSPS) is 14.2. The monoisotopic (exact) mass is 596 g/mol. The summed E-state index contributed by atoms with van der Waals surface area (Å²) in [5, 5.41) is 0. The molecule has 2 atom stereocenters. The van der Waals surface area contributed by atoms with Crippen molar-refractivity contribution in [3.63, 3.8) is 0 Å². The Morgan fingerprint density at radius 2 is 1.15 bits per heavy atom. The largest absolute Gasteiger partial charge is 0.243 e. The van der Waals surface area contributed by atoms with E-state index in [-0.39, 0.29) is 7.92 Å². The molecule has 0 aliphatic heterocycles. The van der Waals surface area contributed by atoms with E-state index in [2.05, 4.69) is 118 Å². The standard InChI is InChI=1S/C33H46N2P2S2/c1-8-10-24-36-32-33(37(3)25-11-9-2)35-31-29(39(6,7)27-20-16-13-17-21-27)23-22-28(30(31)34-32)38(4,5)26-18-14-12-15-19-26/h12-23,36H,8-11,24-25H2,1-7H3. The summed E-state index contributed by atoms with van der Waals surface area (Å²) in [5.41, 5.74) is 4.90. The van der Waals surface area contributed by atoms with Crippen molar-refractivity contribution in [3.05, 3.63) is 72.8 Å². The van der Waals surface area contributed by atoms with Crippen molar-refractivity contribution in [3.8, 4) is 0 Å². The summed E-state index contributed by atoms with van der Waals surface area (Å²) in [5.74, 6) is 0.